The van der Waals surface area contributed by atoms with E-state index in [4.69, 9.17) is 11.6 Å². The number of nitrogens with zero attached hydrogens (tertiary/aromatic N) is 3. The maximum atomic E-state index is 14.1. The molecule has 0 radical (unpaired) electrons. The van der Waals surface area contributed by atoms with Crippen molar-refractivity contribution >= 4 is 17.5 Å². The van der Waals surface area contributed by atoms with Crippen molar-refractivity contribution in [3.63, 3.8) is 0 Å². The van der Waals surface area contributed by atoms with Crippen LogP contribution >= 0.6 is 11.6 Å². The summed E-state index contributed by atoms with van der Waals surface area (Å²) in [5, 5.41) is 0.419. The van der Waals surface area contributed by atoms with Gasteiger partial charge >= 0.3 is 6.18 Å². The Morgan fingerprint density at radius 3 is 2.24 bits per heavy atom. The third kappa shape index (κ3) is 5.93. The summed E-state index contributed by atoms with van der Waals surface area (Å²) >= 11 is 5.95. The van der Waals surface area contributed by atoms with Gasteiger partial charge in [-0.3, -0.25) is 9.78 Å². The van der Waals surface area contributed by atoms with E-state index in [0.717, 1.165) is 22.9 Å². The summed E-state index contributed by atoms with van der Waals surface area (Å²) in [6.07, 6.45) is -3.80. The van der Waals surface area contributed by atoms with E-state index in [-0.39, 0.29) is 28.9 Å². The zero-order valence-corrected chi connectivity index (χ0v) is 19.4. The lowest BCUT2D eigenvalue weighted by molar-refractivity contribution is -0.143. The number of alkyl halides is 3. The quantitative estimate of drug-likeness (QED) is 0.389. The van der Waals surface area contributed by atoms with Crippen molar-refractivity contribution in [1.29, 1.82) is 0 Å². The number of carbonyl (C=O) groups excluding carboxylic acids is 1. The molecule has 4 nitrogen and oxygen atoms in total. The Kier molecular flexibility index (Phi) is 6.88. The summed E-state index contributed by atoms with van der Waals surface area (Å²) < 4.78 is 56.4. The van der Waals surface area contributed by atoms with E-state index in [1.807, 2.05) is 20.8 Å². The van der Waals surface area contributed by atoms with E-state index in [1.165, 1.54) is 11.0 Å². The zero-order valence-electron chi connectivity index (χ0n) is 18.7. The van der Waals surface area contributed by atoms with Crippen LogP contribution < -0.4 is 0 Å². The second-order valence-corrected chi connectivity index (χ2v) is 9.51. The normalized spacial score (nSPS) is 12.2. The maximum Gasteiger partial charge on any atom is 0.431 e. The van der Waals surface area contributed by atoms with E-state index in [9.17, 15) is 22.4 Å². The summed E-state index contributed by atoms with van der Waals surface area (Å²) in [6, 6.07) is 9.62. The van der Waals surface area contributed by atoms with Gasteiger partial charge in [-0.2, -0.15) is 13.2 Å². The molecule has 176 valence electrons. The number of hydrogen-bond acceptors (Lipinski definition) is 2. The van der Waals surface area contributed by atoms with Gasteiger partial charge < -0.3 is 9.47 Å². The maximum absolute atomic E-state index is 14.1. The van der Waals surface area contributed by atoms with Gasteiger partial charge in [-0.25, -0.2) is 4.39 Å². The molecule has 0 saturated carbocycles. The standard InChI is InChI=1S/C24H24ClF4N3O/c1-23(2,3)14-31(4)22(33)21-19(15-5-7-16(25)8-6-15)11-20(24(27,28)29)32(21)13-18-10-9-17(26)12-30-18/h5-12H,13-14H2,1-4H3. The number of amides is 1. The highest BCUT2D eigenvalue weighted by atomic mass is 35.5. The molecule has 0 saturated heterocycles. The van der Waals surface area contributed by atoms with Crippen molar-refractivity contribution in [2.75, 3.05) is 13.6 Å². The number of rotatable bonds is 5. The first-order valence-corrected chi connectivity index (χ1v) is 10.6. The summed E-state index contributed by atoms with van der Waals surface area (Å²) in [7, 11) is 1.56. The predicted molar refractivity (Wildman–Crippen MR) is 120 cm³/mol. The Morgan fingerprint density at radius 1 is 1.09 bits per heavy atom. The van der Waals surface area contributed by atoms with Crippen LogP contribution in [0.4, 0.5) is 17.6 Å². The molecule has 3 rings (SSSR count). The van der Waals surface area contributed by atoms with Crippen molar-refractivity contribution in [2.24, 2.45) is 5.41 Å². The Labute approximate surface area is 194 Å². The Bertz CT molecular complexity index is 1130. The van der Waals surface area contributed by atoms with Crippen LogP contribution in [-0.4, -0.2) is 34.0 Å². The minimum atomic E-state index is -4.73. The number of hydrogen-bond donors (Lipinski definition) is 0. The number of halogens is 5. The summed E-state index contributed by atoms with van der Waals surface area (Å²) in [5.74, 6) is -1.17. The van der Waals surface area contributed by atoms with Crippen LogP contribution in [0, 0.1) is 11.2 Å². The average Bonchev–Trinajstić information content (AvgIpc) is 3.08. The Morgan fingerprint density at radius 2 is 1.73 bits per heavy atom. The topological polar surface area (TPSA) is 38.1 Å². The molecule has 2 heterocycles. The van der Waals surface area contributed by atoms with Crippen LogP contribution in [0.2, 0.25) is 5.02 Å². The minimum Gasteiger partial charge on any atom is -0.340 e. The van der Waals surface area contributed by atoms with Gasteiger partial charge in [-0.15, -0.1) is 0 Å². The fraction of sp³-hybridized carbons (Fsp3) is 0.333. The van der Waals surface area contributed by atoms with Crippen molar-refractivity contribution < 1.29 is 22.4 Å². The monoisotopic (exact) mass is 481 g/mol. The van der Waals surface area contributed by atoms with E-state index in [0.29, 0.717) is 17.1 Å². The van der Waals surface area contributed by atoms with Crippen LogP contribution in [0.5, 0.6) is 0 Å². The number of carbonyl (C=O) groups is 1. The van der Waals surface area contributed by atoms with Crippen LogP contribution in [0.25, 0.3) is 11.1 Å². The molecule has 0 N–H and O–H groups in total. The van der Waals surface area contributed by atoms with E-state index < -0.39 is 23.6 Å². The second kappa shape index (κ2) is 9.17. The second-order valence-electron chi connectivity index (χ2n) is 9.07. The van der Waals surface area contributed by atoms with Crippen molar-refractivity contribution in [2.45, 2.75) is 33.5 Å². The van der Waals surface area contributed by atoms with Gasteiger partial charge in [0.05, 0.1) is 18.4 Å². The zero-order chi connectivity index (χ0) is 24.6. The molecule has 0 atom stereocenters. The molecule has 2 aromatic heterocycles. The third-order valence-corrected chi connectivity index (χ3v) is 5.16. The number of pyridine rings is 1. The summed E-state index contributed by atoms with van der Waals surface area (Å²) in [6.45, 7) is 5.76. The largest absolute Gasteiger partial charge is 0.431 e. The predicted octanol–water partition coefficient (Wildman–Crippen LogP) is 6.53. The molecular formula is C24H24ClF4N3O. The van der Waals surface area contributed by atoms with Crippen LogP contribution in [0.3, 0.4) is 0 Å². The van der Waals surface area contributed by atoms with Gasteiger partial charge in [-0.1, -0.05) is 44.5 Å². The summed E-state index contributed by atoms with van der Waals surface area (Å²) in [4.78, 5) is 18.8. The van der Waals surface area contributed by atoms with Crippen molar-refractivity contribution in [3.05, 3.63) is 76.6 Å². The molecule has 1 aromatic carbocycles. The van der Waals surface area contributed by atoms with E-state index >= 15 is 0 Å². The van der Waals surface area contributed by atoms with E-state index in [1.54, 1.807) is 31.3 Å². The fourth-order valence-electron chi connectivity index (χ4n) is 3.65. The molecule has 0 aliphatic heterocycles. The molecule has 9 heteroatoms. The molecule has 3 aromatic rings. The molecule has 0 spiro atoms. The smallest absolute Gasteiger partial charge is 0.340 e. The number of aromatic nitrogens is 2. The molecular weight excluding hydrogens is 458 g/mol. The first-order chi connectivity index (χ1) is 15.3. The van der Waals surface area contributed by atoms with Crippen LogP contribution in [0.1, 0.15) is 42.6 Å². The lowest BCUT2D eigenvalue weighted by atomic mass is 9.96. The highest BCUT2D eigenvalue weighted by Gasteiger charge is 2.39. The minimum absolute atomic E-state index is 0.123. The SMILES string of the molecule is CN(CC(C)(C)C)C(=O)c1c(-c2ccc(Cl)cc2)cc(C(F)(F)F)n1Cc1ccc(F)cn1. The fourth-order valence-corrected chi connectivity index (χ4v) is 3.78. The first kappa shape index (κ1) is 24.8. The molecule has 33 heavy (non-hydrogen) atoms. The Balaban J connectivity index is 2.24. The highest BCUT2D eigenvalue weighted by molar-refractivity contribution is 6.30. The molecule has 1 amide bonds. The van der Waals surface area contributed by atoms with Gasteiger partial charge in [0, 0.05) is 24.2 Å². The Hall–Kier alpha value is -2.87. The lowest BCUT2D eigenvalue weighted by Crippen LogP contribution is -2.36. The average molecular weight is 482 g/mol. The summed E-state index contributed by atoms with van der Waals surface area (Å²) in [5.41, 5.74) is -0.649. The molecule has 0 aliphatic rings. The van der Waals surface area contributed by atoms with Crippen molar-refractivity contribution in [3.8, 4) is 11.1 Å². The third-order valence-electron chi connectivity index (χ3n) is 4.91. The van der Waals surface area contributed by atoms with Gasteiger partial charge in [0.2, 0.25) is 0 Å². The van der Waals surface area contributed by atoms with Gasteiger partial charge in [0.15, 0.2) is 0 Å². The molecule has 0 bridgehead atoms. The van der Waals surface area contributed by atoms with Crippen LogP contribution in [0.15, 0.2) is 48.7 Å². The molecule has 0 unspecified atom stereocenters. The van der Waals surface area contributed by atoms with Gasteiger partial charge in [-0.05, 0) is 41.3 Å². The molecule has 0 aliphatic carbocycles. The first-order valence-electron chi connectivity index (χ1n) is 10.2. The van der Waals surface area contributed by atoms with Crippen LogP contribution in [-0.2, 0) is 12.7 Å². The highest BCUT2D eigenvalue weighted by Crippen LogP contribution is 2.38. The molecule has 0 fully saturated rings. The van der Waals surface area contributed by atoms with E-state index in [2.05, 4.69) is 4.98 Å². The lowest BCUT2D eigenvalue weighted by Gasteiger charge is -2.27. The van der Waals surface area contributed by atoms with Gasteiger partial charge in [0.25, 0.3) is 5.91 Å². The number of benzene rings is 1. The van der Waals surface area contributed by atoms with Crippen molar-refractivity contribution in [1.82, 2.24) is 14.5 Å². The van der Waals surface area contributed by atoms with Gasteiger partial charge in [0.1, 0.15) is 17.2 Å².